The van der Waals surface area contributed by atoms with E-state index in [0.29, 0.717) is 12.9 Å². The van der Waals surface area contributed by atoms with Crippen molar-refractivity contribution in [3.8, 4) is 0 Å². The van der Waals surface area contributed by atoms with E-state index < -0.39 is 6.29 Å². The first kappa shape index (κ1) is 6.29. The average Bonchev–Trinajstić information content (AvgIpc) is 1.88. The highest BCUT2D eigenvalue weighted by atomic mass is 16.7. The van der Waals surface area contributed by atoms with Gasteiger partial charge in [0.2, 0.25) is 0 Å². The molecule has 0 N–H and O–H groups in total. The molecule has 1 heterocycles. The fraction of sp³-hybridized carbons (Fsp3) is 0.500. The van der Waals surface area contributed by atoms with Gasteiger partial charge in [0, 0.05) is 0 Å². The van der Waals surface area contributed by atoms with Gasteiger partial charge in [-0.15, -0.1) is 0 Å². The Labute approximate surface area is 53.3 Å². The SMILES string of the molecule is CC1=CCOC(C=O)O1. The summed E-state index contributed by atoms with van der Waals surface area (Å²) in [5.41, 5.74) is 0. The van der Waals surface area contributed by atoms with Crippen LogP contribution in [0.1, 0.15) is 6.92 Å². The van der Waals surface area contributed by atoms with Crippen LogP contribution in [0.2, 0.25) is 0 Å². The monoisotopic (exact) mass is 128 g/mol. The first-order valence-electron chi connectivity index (χ1n) is 2.73. The lowest BCUT2D eigenvalue weighted by molar-refractivity contribution is -0.149. The van der Waals surface area contributed by atoms with Crippen LogP contribution in [-0.2, 0) is 14.3 Å². The van der Waals surface area contributed by atoms with E-state index in [4.69, 9.17) is 9.47 Å². The minimum atomic E-state index is -0.685. The molecule has 3 heteroatoms. The standard InChI is InChI=1S/C6H8O3/c1-5-2-3-8-6(4-7)9-5/h2,4,6H,3H2,1H3. The second kappa shape index (κ2) is 2.64. The van der Waals surface area contributed by atoms with E-state index in [2.05, 4.69) is 0 Å². The molecule has 1 atom stereocenters. The largest absolute Gasteiger partial charge is 0.463 e. The fourth-order valence-electron chi connectivity index (χ4n) is 0.593. The van der Waals surface area contributed by atoms with E-state index in [9.17, 15) is 4.79 Å². The molecule has 3 nitrogen and oxygen atoms in total. The molecule has 0 spiro atoms. The molecular formula is C6H8O3. The van der Waals surface area contributed by atoms with Gasteiger partial charge in [0.1, 0.15) is 0 Å². The third-order valence-corrected chi connectivity index (χ3v) is 1.04. The molecule has 1 aliphatic heterocycles. The van der Waals surface area contributed by atoms with Gasteiger partial charge in [0.25, 0.3) is 6.29 Å². The number of rotatable bonds is 1. The highest BCUT2D eigenvalue weighted by Gasteiger charge is 2.11. The quantitative estimate of drug-likeness (QED) is 0.481. The molecule has 9 heavy (non-hydrogen) atoms. The number of carbonyl (C=O) groups excluding carboxylic acids is 1. The van der Waals surface area contributed by atoms with Crippen molar-refractivity contribution in [2.75, 3.05) is 6.61 Å². The number of hydrogen-bond donors (Lipinski definition) is 0. The summed E-state index contributed by atoms with van der Waals surface area (Å²) < 4.78 is 9.74. The predicted octanol–water partition coefficient (Wildman–Crippen LogP) is 0.462. The van der Waals surface area contributed by atoms with Gasteiger partial charge >= 0.3 is 0 Å². The topological polar surface area (TPSA) is 35.5 Å². The Bertz CT molecular complexity index is 139. The summed E-state index contributed by atoms with van der Waals surface area (Å²) in [7, 11) is 0. The zero-order chi connectivity index (χ0) is 6.69. The normalized spacial score (nSPS) is 26.3. The van der Waals surface area contributed by atoms with Gasteiger partial charge in [-0.25, -0.2) is 0 Å². The first-order valence-corrected chi connectivity index (χ1v) is 2.73. The van der Waals surface area contributed by atoms with E-state index in [-0.39, 0.29) is 0 Å². The van der Waals surface area contributed by atoms with Crippen molar-refractivity contribution in [3.05, 3.63) is 11.8 Å². The molecule has 1 unspecified atom stereocenters. The van der Waals surface area contributed by atoms with Crippen LogP contribution in [0.5, 0.6) is 0 Å². The van der Waals surface area contributed by atoms with E-state index in [1.54, 1.807) is 13.0 Å². The Morgan fingerprint density at radius 3 is 3.11 bits per heavy atom. The molecule has 0 aromatic heterocycles. The van der Waals surface area contributed by atoms with Crippen molar-refractivity contribution < 1.29 is 14.3 Å². The Kier molecular flexibility index (Phi) is 1.85. The van der Waals surface area contributed by atoms with Crippen LogP contribution < -0.4 is 0 Å². The highest BCUT2D eigenvalue weighted by molar-refractivity contribution is 5.54. The smallest absolute Gasteiger partial charge is 0.256 e. The van der Waals surface area contributed by atoms with Crippen LogP contribution in [0.4, 0.5) is 0 Å². The van der Waals surface area contributed by atoms with Crippen molar-refractivity contribution in [2.45, 2.75) is 13.2 Å². The van der Waals surface area contributed by atoms with Crippen molar-refractivity contribution in [1.82, 2.24) is 0 Å². The molecule has 0 aromatic carbocycles. The summed E-state index contributed by atoms with van der Waals surface area (Å²) in [6.07, 6.45) is 1.73. The van der Waals surface area contributed by atoms with Gasteiger partial charge in [-0.05, 0) is 13.0 Å². The number of ether oxygens (including phenoxy) is 2. The van der Waals surface area contributed by atoms with Crippen LogP contribution in [-0.4, -0.2) is 19.2 Å². The first-order chi connectivity index (χ1) is 4.33. The lowest BCUT2D eigenvalue weighted by atomic mass is 10.4. The van der Waals surface area contributed by atoms with Gasteiger partial charge in [-0.1, -0.05) is 0 Å². The summed E-state index contributed by atoms with van der Waals surface area (Å²) in [6.45, 7) is 2.26. The zero-order valence-electron chi connectivity index (χ0n) is 5.16. The molecule has 0 radical (unpaired) electrons. The van der Waals surface area contributed by atoms with Crippen LogP contribution in [0, 0.1) is 0 Å². The minimum absolute atomic E-state index is 0.467. The maximum Gasteiger partial charge on any atom is 0.256 e. The van der Waals surface area contributed by atoms with E-state index in [0.717, 1.165) is 5.76 Å². The number of aldehydes is 1. The number of allylic oxidation sites excluding steroid dienone is 1. The van der Waals surface area contributed by atoms with Crippen LogP contribution >= 0.6 is 0 Å². The molecule has 0 aliphatic carbocycles. The lowest BCUT2D eigenvalue weighted by Gasteiger charge is -2.17. The molecule has 0 saturated heterocycles. The van der Waals surface area contributed by atoms with Gasteiger partial charge in [0.05, 0.1) is 12.4 Å². The molecule has 0 bridgehead atoms. The van der Waals surface area contributed by atoms with E-state index >= 15 is 0 Å². The van der Waals surface area contributed by atoms with Gasteiger partial charge in [-0.2, -0.15) is 0 Å². The van der Waals surface area contributed by atoms with Crippen LogP contribution in [0.25, 0.3) is 0 Å². The number of carbonyl (C=O) groups is 1. The molecule has 0 aromatic rings. The summed E-state index contributed by atoms with van der Waals surface area (Å²) in [5.74, 6) is 0.748. The maximum absolute atomic E-state index is 10.0. The van der Waals surface area contributed by atoms with Crippen molar-refractivity contribution in [2.24, 2.45) is 0 Å². The van der Waals surface area contributed by atoms with Gasteiger partial charge in [0.15, 0.2) is 6.29 Å². The maximum atomic E-state index is 10.0. The molecule has 50 valence electrons. The summed E-state index contributed by atoms with van der Waals surface area (Å²) in [5, 5.41) is 0. The van der Waals surface area contributed by atoms with Crippen LogP contribution in [0.15, 0.2) is 11.8 Å². The fourth-order valence-corrected chi connectivity index (χ4v) is 0.593. The molecule has 1 rings (SSSR count). The lowest BCUT2D eigenvalue weighted by Crippen LogP contribution is -2.21. The minimum Gasteiger partial charge on any atom is -0.463 e. The van der Waals surface area contributed by atoms with E-state index in [1.165, 1.54) is 0 Å². The average molecular weight is 128 g/mol. The second-order valence-electron chi connectivity index (χ2n) is 1.77. The van der Waals surface area contributed by atoms with Crippen molar-refractivity contribution >= 4 is 6.29 Å². The zero-order valence-corrected chi connectivity index (χ0v) is 5.16. The Morgan fingerprint density at radius 1 is 1.89 bits per heavy atom. The highest BCUT2D eigenvalue weighted by Crippen LogP contribution is 2.07. The van der Waals surface area contributed by atoms with Crippen molar-refractivity contribution in [3.63, 3.8) is 0 Å². The molecule has 0 fully saturated rings. The number of hydrogen-bond acceptors (Lipinski definition) is 3. The second-order valence-corrected chi connectivity index (χ2v) is 1.77. The van der Waals surface area contributed by atoms with Gasteiger partial charge < -0.3 is 9.47 Å². The predicted molar refractivity (Wildman–Crippen MR) is 30.6 cm³/mol. The summed E-state index contributed by atoms with van der Waals surface area (Å²) >= 11 is 0. The molecule has 0 saturated carbocycles. The Morgan fingerprint density at radius 2 is 2.67 bits per heavy atom. The summed E-state index contributed by atoms with van der Waals surface area (Å²) in [6, 6.07) is 0. The van der Waals surface area contributed by atoms with E-state index in [1.807, 2.05) is 0 Å². The third kappa shape index (κ3) is 1.54. The summed E-state index contributed by atoms with van der Waals surface area (Å²) in [4.78, 5) is 10.0. The molecular weight excluding hydrogens is 120 g/mol. The Balaban J connectivity index is 2.48. The Hall–Kier alpha value is -0.830. The van der Waals surface area contributed by atoms with Crippen LogP contribution in [0.3, 0.4) is 0 Å². The van der Waals surface area contributed by atoms with Crippen molar-refractivity contribution in [1.29, 1.82) is 0 Å². The van der Waals surface area contributed by atoms with Gasteiger partial charge in [-0.3, -0.25) is 4.79 Å². The molecule has 1 aliphatic rings. The molecule has 0 amide bonds. The third-order valence-electron chi connectivity index (χ3n) is 1.04.